The van der Waals surface area contributed by atoms with Crippen molar-refractivity contribution in [2.45, 2.75) is 44.9 Å². The van der Waals surface area contributed by atoms with Gasteiger partial charge in [0.05, 0.1) is 6.04 Å². The molecule has 0 saturated carbocycles. The van der Waals surface area contributed by atoms with Gasteiger partial charge in [0, 0.05) is 6.04 Å². The molecular formula is C9H17NO3. The number of rotatable bonds is 7. The van der Waals surface area contributed by atoms with E-state index in [9.17, 15) is 9.59 Å². The molecule has 0 radical (unpaired) electrons. The van der Waals surface area contributed by atoms with E-state index in [1.165, 1.54) is 0 Å². The molecule has 0 aromatic carbocycles. The zero-order chi connectivity index (χ0) is 10.3. The van der Waals surface area contributed by atoms with Gasteiger partial charge in [0.25, 0.3) is 0 Å². The molecule has 0 aromatic rings. The SMILES string of the molecule is CCC(CC)NC(C=O)C(O)C=O. The molecule has 0 heterocycles. The highest BCUT2D eigenvalue weighted by molar-refractivity contribution is 5.69. The summed E-state index contributed by atoms with van der Waals surface area (Å²) in [5.74, 6) is 0. The number of carbonyl (C=O) groups excluding carboxylic acids is 2. The van der Waals surface area contributed by atoms with Crippen LogP contribution in [0.1, 0.15) is 26.7 Å². The first-order chi connectivity index (χ1) is 6.19. The van der Waals surface area contributed by atoms with Crippen LogP contribution in [-0.2, 0) is 9.59 Å². The van der Waals surface area contributed by atoms with Crippen LogP contribution in [0.15, 0.2) is 0 Å². The van der Waals surface area contributed by atoms with Crippen LogP contribution in [0.25, 0.3) is 0 Å². The lowest BCUT2D eigenvalue weighted by Crippen LogP contribution is -2.46. The molecule has 0 aromatic heterocycles. The molecule has 0 aliphatic carbocycles. The van der Waals surface area contributed by atoms with Gasteiger partial charge in [0.1, 0.15) is 12.4 Å². The van der Waals surface area contributed by atoms with Gasteiger partial charge in [-0.2, -0.15) is 0 Å². The third-order valence-electron chi connectivity index (χ3n) is 2.07. The van der Waals surface area contributed by atoms with Crippen molar-refractivity contribution in [2.24, 2.45) is 0 Å². The molecular weight excluding hydrogens is 170 g/mol. The first kappa shape index (κ1) is 12.3. The Morgan fingerprint density at radius 2 is 1.77 bits per heavy atom. The molecule has 2 atom stereocenters. The van der Waals surface area contributed by atoms with E-state index in [2.05, 4.69) is 5.32 Å². The van der Waals surface area contributed by atoms with Gasteiger partial charge < -0.3 is 20.0 Å². The van der Waals surface area contributed by atoms with Crippen LogP contribution < -0.4 is 5.32 Å². The lowest BCUT2D eigenvalue weighted by molar-refractivity contribution is -0.121. The Labute approximate surface area is 78.3 Å². The Morgan fingerprint density at radius 3 is 2.08 bits per heavy atom. The van der Waals surface area contributed by atoms with Crippen LogP contribution in [-0.4, -0.2) is 35.9 Å². The number of nitrogens with one attached hydrogen (secondary N) is 1. The number of aliphatic hydroxyl groups is 1. The summed E-state index contributed by atoms with van der Waals surface area (Å²) in [6.45, 7) is 3.96. The van der Waals surface area contributed by atoms with E-state index in [4.69, 9.17) is 5.11 Å². The van der Waals surface area contributed by atoms with Crippen molar-refractivity contribution in [3.05, 3.63) is 0 Å². The Balaban J connectivity index is 4.09. The molecule has 76 valence electrons. The van der Waals surface area contributed by atoms with E-state index in [0.717, 1.165) is 12.8 Å². The fraction of sp³-hybridized carbons (Fsp3) is 0.778. The molecule has 4 heteroatoms. The monoisotopic (exact) mass is 187 g/mol. The second-order valence-electron chi connectivity index (χ2n) is 2.97. The number of hydrogen-bond acceptors (Lipinski definition) is 4. The second kappa shape index (κ2) is 6.74. The van der Waals surface area contributed by atoms with Gasteiger partial charge in [-0.3, -0.25) is 0 Å². The number of hydrogen-bond donors (Lipinski definition) is 2. The standard InChI is InChI=1S/C9H17NO3/c1-3-7(4-2)10-8(5-11)9(13)6-12/h5-10,13H,3-4H2,1-2H3. The summed E-state index contributed by atoms with van der Waals surface area (Å²) in [4.78, 5) is 20.7. The highest BCUT2D eigenvalue weighted by Gasteiger charge is 2.19. The molecule has 0 amide bonds. The molecule has 0 spiro atoms. The smallest absolute Gasteiger partial charge is 0.150 e. The Hall–Kier alpha value is -0.740. The first-order valence-corrected chi connectivity index (χ1v) is 4.54. The normalized spacial score (nSPS) is 15.4. The van der Waals surface area contributed by atoms with Crippen molar-refractivity contribution in [1.29, 1.82) is 0 Å². The summed E-state index contributed by atoms with van der Waals surface area (Å²) in [6, 6.07) is -0.604. The average Bonchev–Trinajstić information content (AvgIpc) is 2.19. The molecule has 0 fully saturated rings. The molecule has 0 bridgehead atoms. The molecule has 0 saturated heterocycles. The zero-order valence-corrected chi connectivity index (χ0v) is 8.06. The molecule has 0 aliphatic heterocycles. The highest BCUT2D eigenvalue weighted by atomic mass is 16.3. The van der Waals surface area contributed by atoms with Crippen LogP contribution >= 0.6 is 0 Å². The highest BCUT2D eigenvalue weighted by Crippen LogP contribution is 1.99. The number of carbonyl (C=O) groups is 2. The molecule has 0 rings (SSSR count). The van der Waals surface area contributed by atoms with Crippen molar-refractivity contribution in [3.63, 3.8) is 0 Å². The van der Waals surface area contributed by atoms with E-state index in [1.807, 2.05) is 13.8 Å². The van der Waals surface area contributed by atoms with Gasteiger partial charge in [-0.15, -0.1) is 0 Å². The maximum atomic E-state index is 10.5. The summed E-state index contributed by atoms with van der Waals surface area (Å²) in [5.41, 5.74) is 0. The van der Waals surface area contributed by atoms with Gasteiger partial charge in [-0.05, 0) is 12.8 Å². The minimum Gasteiger partial charge on any atom is -0.384 e. The summed E-state index contributed by atoms with van der Waals surface area (Å²) in [6.07, 6.45) is 1.43. The average molecular weight is 187 g/mol. The quantitative estimate of drug-likeness (QED) is 0.546. The number of aldehydes is 2. The summed E-state index contributed by atoms with van der Waals surface area (Å²) in [5, 5.41) is 12.0. The van der Waals surface area contributed by atoms with E-state index in [0.29, 0.717) is 12.6 Å². The molecule has 4 nitrogen and oxygen atoms in total. The Kier molecular flexibility index (Phi) is 6.36. The molecule has 0 aliphatic rings. The summed E-state index contributed by atoms with van der Waals surface area (Å²) < 4.78 is 0. The molecule has 2 unspecified atom stereocenters. The number of aliphatic hydroxyl groups excluding tert-OH is 1. The van der Waals surface area contributed by atoms with Crippen molar-refractivity contribution in [3.8, 4) is 0 Å². The van der Waals surface area contributed by atoms with Crippen LogP contribution in [0.3, 0.4) is 0 Å². The second-order valence-corrected chi connectivity index (χ2v) is 2.97. The Morgan fingerprint density at radius 1 is 1.23 bits per heavy atom. The van der Waals surface area contributed by atoms with Gasteiger partial charge in [0.15, 0.2) is 6.29 Å². The third kappa shape index (κ3) is 4.15. The Bertz CT molecular complexity index is 157. The third-order valence-corrected chi connectivity index (χ3v) is 2.07. The van der Waals surface area contributed by atoms with Gasteiger partial charge in [-0.1, -0.05) is 13.8 Å². The summed E-state index contributed by atoms with van der Waals surface area (Å²) >= 11 is 0. The predicted molar refractivity (Wildman–Crippen MR) is 49.4 cm³/mol. The maximum Gasteiger partial charge on any atom is 0.150 e. The largest absolute Gasteiger partial charge is 0.384 e. The fourth-order valence-corrected chi connectivity index (χ4v) is 1.10. The molecule has 2 N–H and O–H groups in total. The van der Waals surface area contributed by atoms with E-state index in [1.54, 1.807) is 0 Å². The zero-order valence-electron chi connectivity index (χ0n) is 8.06. The first-order valence-electron chi connectivity index (χ1n) is 4.54. The fourth-order valence-electron chi connectivity index (χ4n) is 1.10. The van der Waals surface area contributed by atoms with Crippen LogP contribution in [0.4, 0.5) is 0 Å². The van der Waals surface area contributed by atoms with Crippen molar-refractivity contribution < 1.29 is 14.7 Å². The maximum absolute atomic E-state index is 10.5. The lowest BCUT2D eigenvalue weighted by Gasteiger charge is -2.21. The van der Waals surface area contributed by atoms with Crippen LogP contribution in [0, 0.1) is 0 Å². The minimum atomic E-state index is -1.24. The van der Waals surface area contributed by atoms with E-state index in [-0.39, 0.29) is 6.04 Å². The molecule has 13 heavy (non-hydrogen) atoms. The van der Waals surface area contributed by atoms with Crippen molar-refractivity contribution in [2.75, 3.05) is 0 Å². The predicted octanol–water partition coefficient (Wildman–Crippen LogP) is -0.108. The van der Waals surface area contributed by atoms with Crippen molar-refractivity contribution >= 4 is 12.6 Å². The van der Waals surface area contributed by atoms with Crippen LogP contribution in [0.5, 0.6) is 0 Å². The van der Waals surface area contributed by atoms with E-state index < -0.39 is 12.1 Å². The minimum absolute atomic E-state index is 0.171. The van der Waals surface area contributed by atoms with Gasteiger partial charge in [0.2, 0.25) is 0 Å². The topological polar surface area (TPSA) is 66.4 Å². The van der Waals surface area contributed by atoms with Gasteiger partial charge >= 0.3 is 0 Å². The lowest BCUT2D eigenvalue weighted by atomic mass is 10.1. The van der Waals surface area contributed by atoms with E-state index >= 15 is 0 Å². The van der Waals surface area contributed by atoms with Crippen LogP contribution in [0.2, 0.25) is 0 Å². The van der Waals surface area contributed by atoms with Gasteiger partial charge in [-0.25, -0.2) is 0 Å². The van der Waals surface area contributed by atoms with Crippen molar-refractivity contribution in [1.82, 2.24) is 5.32 Å². The summed E-state index contributed by atoms with van der Waals surface area (Å²) in [7, 11) is 0.